The van der Waals surface area contributed by atoms with Crippen LogP contribution >= 0.6 is 11.6 Å². The summed E-state index contributed by atoms with van der Waals surface area (Å²) in [5.74, 6) is -0.635. The van der Waals surface area contributed by atoms with Crippen LogP contribution in [0.2, 0.25) is 5.02 Å². The summed E-state index contributed by atoms with van der Waals surface area (Å²) in [7, 11) is -4.41. The molecule has 0 radical (unpaired) electrons. The van der Waals surface area contributed by atoms with Crippen LogP contribution < -0.4 is 10.0 Å². The quantitative estimate of drug-likeness (QED) is 0.296. The first-order valence-corrected chi connectivity index (χ1v) is 15.9. The molecule has 3 heterocycles. The zero-order valence-electron chi connectivity index (χ0n) is 24.5. The number of carbonyl (C=O) groups is 1. The highest BCUT2D eigenvalue weighted by molar-refractivity contribution is 7.92. The molecule has 0 spiro atoms. The van der Waals surface area contributed by atoms with Gasteiger partial charge in [0.25, 0.3) is 0 Å². The lowest BCUT2D eigenvalue weighted by Crippen LogP contribution is -2.60. The van der Waals surface area contributed by atoms with Crippen LogP contribution in [0.4, 0.5) is 21.6 Å². The van der Waals surface area contributed by atoms with Crippen LogP contribution in [0.5, 0.6) is 0 Å². The van der Waals surface area contributed by atoms with Gasteiger partial charge in [-0.05, 0) is 62.1 Å². The zero-order valence-corrected chi connectivity index (χ0v) is 26.1. The van der Waals surface area contributed by atoms with Crippen molar-refractivity contribution < 1.29 is 17.6 Å². The summed E-state index contributed by atoms with van der Waals surface area (Å²) >= 11 is 6.78. The van der Waals surface area contributed by atoms with Crippen molar-refractivity contribution in [3.05, 3.63) is 82.6 Å². The molecule has 9 nitrogen and oxygen atoms in total. The molecule has 3 aromatic rings. The Morgan fingerprint density at radius 3 is 2.37 bits per heavy atom. The van der Waals surface area contributed by atoms with Crippen LogP contribution in [0, 0.1) is 5.82 Å². The average Bonchev–Trinajstić information content (AvgIpc) is 2.97. The maximum Gasteiger partial charge on any atom is 0.352 e. The Balaban J connectivity index is 1.79. The van der Waals surface area contributed by atoms with E-state index in [1.165, 1.54) is 24.3 Å². The second-order valence-electron chi connectivity index (χ2n) is 10.7. The van der Waals surface area contributed by atoms with Crippen LogP contribution in [0.25, 0.3) is 11.3 Å². The second-order valence-corrected chi connectivity index (χ2v) is 12.6. The van der Waals surface area contributed by atoms with E-state index in [2.05, 4.69) is 11.0 Å². The Hall–Kier alpha value is -3.96. The van der Waals surface area contributed by atoms with Crippen molar-refractivity contribution in [1.29, 1.82) is 0 Å². The van der Waals surface area contributed by atoms with Gasteiger partial charge in [0.15, 0.2) is 11.7 Å². The number of aromatic nitrogens is 1. The third-order valence-electron chi connectivity index (χ3n) is 7.99. The summed E-state index contributed by atoms with van der Waals surface area (Å²) in [5, 5.41) is 0.0863. The van der Waals surface area contributed by atoms with Crippen molar-refractivity contribution in [3.8, 4) is 11.3 Å². The molecule has 0 bridgehead atoms. The van der Waals surface area contributed by atoms with E-state index in [1.807, 2.05) is 50.8 Å². The molecule has 2 atom stereocenters. The fourth-order valence-electron chi connectivity index (χ4n) is 5.82. The second kappa shape index (κ2) is 11.6. The van der Waals surface area contributed by atoms with Gasteiger partial charge in [0.2, 0.25) is 5.91 Å². The Bertz CT molecular complexity index is 1720. The number of aryl methyl sites for hydroxylation is 2. The number of nitrogens with zero attached hydrogens (tertiary/aromatic N) is 5. The minimum absolute atomic E-state index is 0.0188. The van der Waals surface area contributed by atoms with Crippen molar-refractivity contribution in [2.75, 3.05) is 23.1 Å². The maximum absolute atomic E-state index is 15.2. The Labute approximate surface area is 256 Å². The standard InChI is InChI=1S/C31H34ClFN6O3S/c1-6-20-11-9-12-21(7-2)29(20)39-30-22(15-23(32)28(35-30)27-24(33)13-10-14-25(27)34)31(36-43(39,41)42)38-17-18(4)37(16-19(38)5)26(40)8-3/h8-15,18-19H,3,6-7,16-17,34H2,1-2,4-5H3/t18-,19+/m1/s1. The monoisotopic (exact) mass is 624 g/mol. The molecule has 226 valence electrons. The van der Waals surface area contributed by atoms with Gasteiger partial charge in [0.1, 0.15) is 5.82 Å². The van der Waals surface area contributed by atoms with Crippen molar-refractivity contribution in [1.82, 2.24) is 14.8 Å². The van der Waals surface area contributed by atoms with Gasteiger partial charge in [0.05, 0.1) is 27.5 Å². The number of anilines is 3. The normalized spacial score (nSPS) is 19.6. The summed E-state index contributed by atoms with van der Waals surface area (Å²) in [5.41, 5.74) is 8.69. The van der Waals surface area contributed by atoms with Crippen molar-refractivity contribution in [2.24, 2.45) is 4.40 Å². The van der Waals surface area contributed by atoms with E-state index >= 15 is 4.39 Å². The molecule has 43 heavy (non-hydrogen) atoms. The number of halogens is 2. The molecular weight excluding hydrogens is 591 g/mol. The number of amidine groups is 1. The summed E-state index contributed by atoms with van der Waals surface area (Å²) in [4.78, 5) is 20.8. The van der Waals surface area contributed by atoms with Gasteiger partial charge in [-0.2, -0.15) is 8.42 Å². The summed E-state index contributed by atoms with van der Waals surface area (Å²) in [6.07, 6.45) is 2.37. The van der Waals surface area contributed by atoms with E-state index in [4.69, 9.17) is 22.3 Å². The van der Waals surface area contributed by atoms with Crippen molar-refractivity contribution >= 4 is 50.7 Å². The molecule has 0 unspecified atom stereocenters. The first-order chi connectivity index (χ1) is 20.4. The molecule has 2 aliphatic heterocycles. The highest BCUT2D eigenvalue weighted by Gasteiger charge is 2.42. The first kappa shape index (κ1) is 30.5. The molecule has 1 saturated heterocycles. The van der Waals surface area contributed by atoms with Gasteiger partial charge in [-0.1, -0.05) is 56.3 Å². The maximum atomic E-state index is 15.2. The zero-order chi connectivity index (χ0) is 31.2. The van der Waals surface area contributed by atoms with Crippen molar-refractivity contribution in [2.45, 2.75) is 52.6 Å². The SMILES string of the molecule is C=CC(=O)N1C[C@H](C)N(C2=NS(=O)(=O)N(c3c(CC)cccc3CC)c3nc(-c4c(N)cccc4F)c(Cl)cc32)C[C@H]1C. The smallest absolute Gasteiger partial charge is 0.352 e. The van der Waals surface area contributed by atoms with E-state index < -0.39 is 16.0 Å². The number of pyridine rings is 1. The Kier molecular flexibility index (Phi) is 8.24. The Morgan fingerprint density at radius 2 is 1.77 bits per heavy atom. The number of benzene rings is 2. The lowest BCUT2D eigenvalue weighted by atomic mass is 10.0. The number of rotatable bonds is 5. The molecule has 0 aliphatic carbocycles. The van der Waals surface area contributed by atoms with Gasteiger partial charge in [0, 0.05) is 30.9 Å². The van der Waals surface area contributed by atoms with Crippen LogP contribution in [0.15, 0.2) is 59.5 Å². The highest BCUT2D eigenvalue weighted by Crippen LogP contribution is 2.44. The third kappa shape index (κ3) is 5.25. The molecule has 2 aromatic carbocycles. The van der Waals surface area contributed by atoms with Gasteiger partial charge >= 0.3 is 10.2 Å². The fourth-order valence-corrected chi connectivity index (χ4v) is 7.40. The van der Waals surface area contributed by atoms with Gasteiger partial charge < -0.3 is 15.5 Å². The average molecular weight is 625 g/mol. The largest absolute Gasteiger partial charge is 0.398 e. The van der Waals surface area contributed by atoms with Crippen LogP contribution in [0.1, 0.15) is 44.4 Å². The Morgan fingerprint density at radius 1 is 1.12 bits per heavy atom. The number of para-hydroxylation sites is 1. The van der Waals surface area contributed by atoms with E-state index in [9.17, 15) is 13.2 Å². The van der Waals surface area contributed by atoms with E-state index in [-0.39, 0.29) is 51.6 Å². The van der Waals surface area contributed by atoms with E-state index in [0.29, 0.717) is 37.2 Å². The number of hydrogen-bond acceptors (Lipinski definition) is 6. The number of nitrogen functional groups attached to an aromatic ring is 1. The number of nitrogens with two attached hydrogens (primary N) is 1. The molecular formula is C31H34ClFN6O3S. The molecule has 12 heteroatoms. The number of fused-ring (bicyclic) bond motifs is 1. The highest BCUT2D eigenvalue weighted by atomic mass is 35.5. The summed E-state index contributed by atoms with van der Waals surface area (Å²) in [6.45, 7) is 11.9. The van der Waals surface area contributed by atoms with E-state index in [1.54, 1.807) is 11.0 Å². The summed E-state index contributed by atoms with van der Waals surface area (Å²) < 4.78 is 49.2. The van der Waals surface area contributed by atoms with Crippen molar-refractivity contribution in [3.63, 3.8) is 0 Å². The molecule has 1 amide bonds. The summed E-state index contributed by atoms with van der Waals surface area (Å²) in [6, 6.07) is 10.9. The predicted molar refractivity (Wildman–Crippen MR) is 169 cm³/mol. The van der Waals surface area contributed by atoms with Gasteiger partial charge in [-0.25, -0.2) is 13.7 Å². The first-order valence-electron chi connectivity index (χ1n) is 14.1. The molecule has 5 rings (SSSR count). The number of hydrogen-bond donors (Lipinski definition) is 1. The van der Waals surface area contributed by atoms with Gasteiger partial charge in [-0.3, -0.25) is 4.79 Å². The lowest BCUT2D eigenvalue weighted by Gasteiger charge is -2.46. The molecule has 1 fully saturated rings. The molecule has 2 aliphatic rings. The number of amides is 1. The molecule has 0 saturated carbocycles. The third-order valence-corrected chi connectivity index (χ3v) is 9.50. The minimum Gasteiger partial charge on any atom is -0.398 e. The lowest BCUT2D eigenvalue weighted by molar-refractivity contribution is -0.130. The van der Waals surface area contributed by atoms with Gasteiger partial charge in [-0.15, -0.1) is 4.40 Å². The molecule has 2 N–H and O–H groups in total. The van der Waals surface area contributed by atoms with Crippen LogP contribution in [-0.2, 0) is 27.8 Å². The van der Waals surface area contributed by atoms with Crippen LogP contribution in [-0.4, -0.2) is 60.1 Å². The van der Waals surface area contributed by atoms with E-state index in [0.717, 1.165) is 15.4 Å². The molecule has 1 aromatic heterocycles. The number of piperazine rings is 1. The van der Waals surface area contributed by atoms with Crippen LogP contribution in [0.3, 0.4) is 0 Å². The number of carbonyl (C=O) groups excluding carboxylic acids is 1. The fraction of sp³-hybridized carbons (Fsp3) is 0.323. The topological polar surface area (TPSA) is 112 Å². The predicted octanol–water partition coefficient (Wildman–Crippen LogP) is 5.50. The minimum atomic E-state index is -4.41.